The molecule has 3 rings (SSSR count). The van der Waals surface area contributed by atoms with Gasteiger partial charge in [-0.2, -0.15) is 0 Å². The van der Waals surface area contributed by atoms with E-state index in [9.17, 15) is 0 Å². The largest absolute Gasteiger partial charge is 0.375 e. The molecule has 0 amide bonds. The van der Waals surface area contributed by atoms with Gasteiger partial charge in [-0.15, -0.1) is 0 Å². The number of rotatable bonds is 3. The number of benzene rings is 1. The van der Waals surface area contributed by atoms with Gasteiger partial charge in [0.15, 0.2) is 0 Å². The molecule has 2 atom stereocenters. The normalized spacial score (nSPS) is 26.8. The van der Waals surface area contributed by atoms with Crippen LogP contribution in [0.2, 0.25) is 0 Å². The molecule has 1 aromatic carbocycles. The fourth-order valence-corrected chi connectivity index (χ4v) is 4.00. The predicted octanol–water partition coefficient (Wildman–Crippen LogP) is 4.59. The summed E-state index contributed by atoms with van der Waals surface area (Å²) < 4.78 is 7.26. The molecule has 1 aliphatic carbocycles. The lowest BCUT2D eigenvalue weighted by Gasteiger charge is -2.39. The number of hydrogen-bond donors (Lipinski definition) is 1. The summed E-state index contributed by atoms with van der Waals surface area (Å²) in [6.07, 6.45) is 7.54. The molecule has 3 heteroatoms. The Kier molecular flexibility index (Phi) is 4.49. The van der Waals surface area contributed by atoms with E-state index in [0.717, 1.165) is 17.5 Å². The van der Waals surface area contributed by atoms with Gasteiger partial charge in [0.1, 0.15) is 0 Å². The Morgan fingerprint density at radius 2 is 1.95 bits per heavy atom. The summed E-state index contributed by atoms with van der Waals surface area (Å²) in [5.41, 5.74) is 1.56. The Morgan fingerprint density at radius 1 is 1.25 bits per heavy atom. The van der Waals surface area contributed by atoms with Crippen molar-refractivity contribution >= 4 is 15.9 Å². The summed E-state index contributed by atoms with van der Waals surface area (Å²) in [5.74, 6) is 0. The van der Waals surface area contributed by atoms with Crippen LogP contribution in [0.5, 0.6) is 0 Å². The lowest BCUT2D eigenvalue weighted by Crippen LogP contribution is -2.46. The molecule has 2 fully saturated rings. The van der Waals surface area contributed by atoms with Gasteiger partial charge in [-0.25, -0.2) is 0 Å². The van der Waals surface area contributed by atoms with Gasteiger partial charge >= 0.3 is 0 Å². The van der Waals surface area contributed by atoms with Gasteiger partial charge in [-0.05, 0) is 50.3 Å². The van der Waals surface area contributed by atoms with Crippen LogP contribution in [0.4, 0.5) is 0 Å². The van der Waals surface area contributed by atoms with E-state index in [1.165, 1.54) is 37.7 Å². The third kappa shape index (κ3) is 3.26. The first-order valence-corrected chi connectivity index (χ1v) is 8.62. The Morgan fingerprint density at radius 3 is 2.65 bits per heavy atom. The van der Waals surface area contributed by atoms with E-state index in [-0.39, 0.29) is 5.60 Å². The van der Waals surface area contributed by atoms with Crippen LogP contribution in [0.1, 0.15) is 57.1 Å². The van der Waals surface area contributed by atoms with Crippen LogP contribution in [0.25, 0.3) is 0 Å². The highest BCUT2D eigenvalue weighted by Crippen LogP contribution is 2.40. The molecule has 2 nitrogen and oxygen atoms in total. The minimum absolute atomic E-state index is 0.204. The van der Waals surface area contributed by atoms with Crippen molar-refractivity contribution in [3.8, 4) is 0 Å². The van der Waals surface area contributed by atoms with Gasteiger partial charge < -0.3 is 10.1 Å². The molecule has 1 unspecified atom stereocenters. The van der Waals surface area contributed by atoms with E-state index in [1.807, 2.05) is 0 Å². The van der Waals surface area contributed by atoms with Crippen molar-refractivity contribution in [3.63, 3.8) is 0 Å². The zero-order valence-corrected chi connectivity index (χ0v) is 13.8. The highest BCUT2D eigenvalue weighted by atomic mass is 79.9. The quantitative estimate of drug-likeness (QED) is 0.870. The second-order valence-electron chi connectivity index (χ2n) is 6.37. The minimum atomic E-state index is 0.204. The maximum atomic E-state index is 6.11. The number of hydrogen-bond acceptors (Lipinski definition) is 2. The van der Waals surface area contributed by atoms with Crippen LogP contribution < -0.4 is 5.32 Å². The molecule has 0 bridgehead atoms. The highest BCUT2D eigenvalue weighted by Gasteiger charge is 2.40. The zero-order chi connectivity index (χ0) is 14.0. The van der Waals surface area contributed by atoms with Crippen molar-refractivity contribution in [3.05, 3.63) is 34.3 Å². The van der Waals surface area contributed by atoms with Crippen LogP contribution in [0, 0.1) is 0 Å². The van der Waals surface area contributed by atoms with E-state index in [2.05, 4.69) is 52.4 Å². The minimum Gasteiger partial charge on any atom is -0.375 e. The third-order valence-electron chi connectivity index (χ3n) is 4.86. The smallest absolute Gasteiger partial charge is 0.0697 e. The lowest BCUT2D eigenvalue weighted by atomic mass is 9.88. The van der Waals surface area contributed by atoms with Crippen LogP contribution in [0.3, 0.4) is 0 Å². The number of ether oxygens (including phenoxy) is 1. The maximum Gasteiger partial charge on any atom is 0.0697 e. The first kappa shape index (κ1) is 14.6. The maximum absolute atomic E-state index is 6.11. The predicted molar refractivity (Wildman–Crippen MR) is 85.9 cm³/mol. The summed E-state index contributed by atoms with van der Waals surface area (Å²) in [6, 6.07) is 9.65. The number of nitrogens with one attached hydrogen (secondary N) is 1. The van der Waals surface area contributed by atoms with Crippen LogP contribution in [-0.4, -0.2) is 18.2 Å². The van der Waals surface area contributed by atoms with Crippen molar-refractivity contribution < 1.29 is 4.74 Å². The summed E-state index contributed by atoms with van der Waals surface area (Å²) in [7, 11) is 0. The monoisotopic (exact) mass is 337 g/mol. The van der Waals surface area contributed by atoms with Crippen molar-refractivity contribution in [2.75, 3.05) is 6.61 Å². The van der Waals surface area contributed by atoms with E-state index < -0.39 is 0 Å². The fraction of sp³-hybridized carbons (Fsp3) is 0.647. The van der Waals surface area contributed by atoms with Gasteiger partial charge in [-0.1, -0.05) is 40.9 Å². The molecule has 1 spiro atoms. The molecule has 1 aromatic rings. The van der Waals surface area contributed by atoms with Crippen LogP contribution in [0.15, 0.2) is 28.7 Å². The van der Waals surface area contributed by atoms with Crippen molar-refractivity contribution in [1.29, 1.82) is 0 Å². The van der Waals surface area contributed by atoms with Gasteiger partial charge in [-0.3, -0.25) is 0 Å². The molecule has 110 valence electrons. The van der Waals surface area contributed by atoms with E-state index in [1.54, 1.807) is 0 Å². The fourth-order valence-electron chi connectivity index (χ4n) is 3.74. The Labute approximate surface area is 130 Å². The summed E-state index contributed by atoms with van der Waals surface area (Å²) in [6.45, 7) is 3.19. The average Bonchev–Trinajstić information content (AvgIpc) is 2.87. The van der Waals surface area contributed by atoms with E-state index in [0.29, 0.717) is 12.1 Å². The zero-order valence-electron chi connectivity index (χ0n) is 12.2. The summed E-state index contributed by atoms with van der Waals surface area (Å²) >= 11 is 3.50. The molecule has 2 aliphatic rings. The second kappa shape index (κ2) is 6.17. The highest BCUT2D eigenvalue weighted by molar-refractivity contribution is 9.10. The first-order valence-electron chi connectivity index (χ1n) is 7.82. The lowest BCUT2D eigenvalue weighted by molar-refractivity contribution is -0.0846. The molecule has 1 heterocycles. The molecule has 1 N–H and O–H groups in total. The van der Waals surface area contributed by atoms with Gasteiger partial charge in [0.25, 0.3) is 0 Å². The molecule has 0 radical (unpaired) electrons. The van der Waals surface area contributed by atoms with Crippen molar-refractivity contribution in [1.82, 2.24) is 5.32 Å². The second-order valence-corrected chi connectivity index (χ2v) is 7.28. The van der Waals surface area contributed by atoms with Crippen molar-refractivity contribution in [2.24, 2.45) is 0 Å². The van der Waals surface area contributed by atoms with E-state index in [4.69, 9.17) is 4.74 Å². The van der Waals surface area contributed by atoms with Gasteiger partial charge in [0, 0.05) is 23.2 Å². The number of halogens is 1. The van der Waals surface area contributed by atoms with Gasteiger partial charge in [0.2, 0.25) is 0 Å². The molecule has 20 heavy (non-hydrogen) atoms. The Bertz CT molecular complexity index is 439. The molecule has 1 aliphatic heterocycles. The standard InChI is InChI=1S/C17H24BrNO/c1-13(14-4-6-15(18)7-5-14)19-16-8-11-20-17(12-16)9-2-3-10-17/h4-7,13,16,19H,2-3,8-12H2,1H3/t13-,16?/m1/s1. The first-order chi connectivity index (χ1) is 9.67. The molecular formula is C17H24BrNO. The van der Waals surface area contributed by atoms with Gasteiger partial charge in [0.05, 0.1) is 5.60 Å². The average molecular weight is 338 g/mol. The van der Waals surface area contributed by atoms with Crippen LogP contribution >= 0.6 is 15.9 Å². The topological polar surface area (TPSA) is 21.3 Å². The molecule has 0 aromatic heterocycles. The third-order valence-corrected chi connectivity index (χ3v) is 5.39. The molecule has 1 saturated carbocycles. The van der Waals surface area contributed by atoms with Crippen molar-refractivity contribution in [2.45, 2.75) is 63.1 Å². The summed E-state index contributed by atoms with van der Waals surface area (Å²) in [5, 5.41) is 3.81. The Balaban J connectivity index is 1.60. The van der Waals surface area contributed by atoms with E-state index >= 15 is 0 Å². The molecular weight excluding hydrogens is 314 g/mol. The summed E-state index contributed by atoms with van der Waals surface area (Å²) in [4.78, 5) is 0. The van der Waals surface area contributed by atoms with Crippen LogP contribution in [-0.2, 0) is 4.74 Å². The molecule has 1 saturated heterocycles. The SMILES string of the molecule is C[C@@H](NC1CCOC2(CCCC2)C1)c1ccc(Br)cc1. The Hall–Kier alpha value is -0.380.